The Morgan fingerprint density at radius 1 is 1.40 bits per heavy atom. The average Bonchev–Trinajstić information content (AvgIpc) is 3.01. The molecule has 0 radical (unpaired) electrons. The maximum Gasteiger partial charge on any atom is 0.314 e. The number of benzene rings is 1. The van der Waals surface area contributed by atoms with Crippen molar-refractivity contribution in [3.05, 3.63) is 35.6 Å². The maximum atomic E-state index is 12.9. The Morgan fingerprint density at radius 3 is 2.35 bits per heavy atom. The number of carboxylic acid groups (broad SMARTS) is 1. The van der Waals surface area contributed by atoms with E-state index in [9.17, 15) is 22.7 Å². The zero-order valence-corrected chi connectivity index (χ0v) is 11.9. The number of ether oxygens (including phenoxy) is 1. The molecule has 110 valence electrons. The third-order valence-electron chi connectivity index (χ3n) is 3.73. The van der Waals surface area contributed by atoms with Gasteiger partial charge >= 0.3 is 5.97 Å². The van der Waals surface area contributed by atoms with Gasteiger partial charge in [-0.15, -0.1) is 0 Å². The van der Waals surface area contributed by atoms with Gasteiger partial charge in [0.25, 0.3) is 0 Å². The van der Waals surface area contributed by atoms with E-state index in [-0.39, 0.29) is 6.61 Å². The molecule has 1 N–H and O–H groups in total. The van der Waals surface area contributed by atoms with Crippen LogP contribution in [0.25, 0.3) is 0 Å². The highest BCUT2D eigenvalue weighted by Gasteiger charge is 2.74. The molecule has 1 aromatic rings. The monoisotopic (exact) mass is 302 g/mol. The molecule has 0 bridgehead atoms. The first-order valence-electron chi connectivity index (χ1n) is 5.92. The lowest BCUT2D eigenvalue weighted by Crippen LogP contribution is -2.28. The molecular formula is C13H15FO5S. The third-order valence-corrected chi connectivity index (χ3v) is 5.34. The van der Waals surface area contributed by atoms with Crippen molar-refractivity contribution in [3.8, 4) is 0 Å². The largest absolute Gasteiger partial charge is 0.481 e. The molecule has 5 nitrogen and oxygen atoms in total. The molecule has 1 aliphatic carbocycles. The molecule has 1 saturated carbocycles. The van der Waals surface area contributed by atoms with E-state index < -0.39 is 38.2 Å². The maximum absolute atomic E-state index is 12.9. The van der Waals surface area contributed by atoms with Gasteiger partial charge in [-0.1, -0.05) is 12.1 Å². The molecule has 0 aliphatic heterocycles. The van der Waals surface area contributed by atoms with Crippen LogP contribution in [0.1, 0.15) is 11.5 Å². The standard InChI is InChI=1S/C13H15FO5S/c1-19-7-13(12(15)16)10(11(13)20(2,17)18)8-3-5-9(14)6-4-8/h3-6,10-11H,7H2,1-2H3,(H,15,16)/t10-,11-,13+/m1/s1. The van der Waals surface area contributed by atoms with E-state index in [1.54, 1.807) is 0 Å². The summed E-state index contributed by atoms with van der Waals surface area (Å²) in [5.74, 6) is -2.40. The summed E-state index contributed by atoms with van der Waals surface area (Å²) in [6.07, 6.45) is 1.01. The first-order valence-corrected chi connectivity index (χ1v) is 7.87. The Morgan fingerprint density at radius 2 is 1.95 bits per heavy atom. The summed E-state index contributed by atoms with van der Waals surface area (Å²) in [6.45, 7) is -0.206. The first kappa shape index (κ1) is 14.9. The molecule has 1 aromatic carbocycles. The molecule has 0 aromatic heterocycles. The van der Waals surface area contributed by atoms with Crippen molar-refractivity contribution in [2.75, 3.05) is 20.0 Å². The van der Waals surface area contributed by atoms with Crippen LogP contribution in [0.2, 0.25) is 0 Å². The second-order valence-electron chi connectivity index (χ2n) is 5.06. The lowest BCUT2D eigenvalue weighted by Gasteiger charge is -2.11. The van der Waals surface area contributed by atoms with Gasteiger partial charge in [-0.2, -0.15) is 0 Å². The van der Waals surface area contributed by atoms with Crippen LogP contribution in [-0.4, -0.2) is 44.7 Å². The zero-order valence-electron chi connectivity index (χ0n) is 11.0. The van der Waals surface area contributed by atoms with Crippen LogP contribution < -0.4 is 0 Å². The van der Waals surface area contributed by atoms with Crippen molar-refractivity contribution in [2.24, 2.45) is 5.41 Å². The fourth-order valence-electron chi connectivity index (χ4n) is 2.90. The highest BCUT2D eigenvalue weighted by Crippen LogP contribution is 2.63. The second-order valence-corrected chi connectivity index (χ2v) is 7.22. The van der Waals surface area contributed by atoms with Crippen LogP contribution in [0, 0.1) is 11.2 Å². The van der Waals surface area contributed by atoms with Gasteiger partial charge in [-0.3, -0.25) is 4.79 Å². The van der Waals surface area contributed by atoms with Gasteiger partial charge in [-0.25, -0.2) is 12.8 Å². The van der Waals surface area contributed by atoms with Crippen LogP contribution in [0.5, 0.6) is 0 Å². The molecule has 0 heterocycles. The topological polar surface area (TPSA) is 80.7 Å². The van der Waals surface area contributed by atoms with E-state index in [1.807, 2.05) is 0 Å². The molecule has 0 spiro atoms. The minimum absolute atomic E-state index is 0.206. The number of carbonyl (C=O) groups is 1. The van der Waals surface area contributed by atoms with Crippen LogP contribution in [0.3, 0.4) is 0 Å². The van der Waals surface area contributed by atoms with Crippen molar-refractivity contribution in [1.29, 1.82) is 0 Å². The van der Waals surface area contributed by atoms with Crippen molar-refractivity contribution in [3.63, 3.8) is 0 Å². The second kappa shape index (κ2) is 4.82. The zero-order chi connectivity index (χ0) is 15.1. The quantitative estimate of drug-likeness (QED) is 0.879. The van der Waals surface area contributed by atoms with E-state index >= 15 is 0 Å². The molecule has 20 heavy (non-hydrogen) atoms. The summed E-state index contributed by atoms with van der Waals surface area (Å²) in [6, 6.07) is 5.20. The summed E-state index contributed by atoms with van der Waals surface area (Å²) in [5.41, 5.74) is -1.01. The number of aliphatic carboxylic acids is 1. The number of hydrogen-bond acceptors (Lipinski definition) is 4. The summed E-state index contributed by atoms with van der Waals surface area (Å²) in [7, 11) is -2.24. The number of methoxy groups -OCH3 is 1. The Balaban J connectivity index is 2.49. The van der Waals surface area contributed by atoms with Crippen LogP contribution in [0.4, 0.5) is 4.39 Å². The fourth-order valence-corrected chi connectivity index (χ4v) is 4.80. The van der Waals surface area contributed by atoms with E-state index in [2.05, 4.69) is 0 Å². The van der Waals surface area contributed by atoms with Gasteiger partial charge in [0.15, 0.2) is 9.84 Å². The molecule has 0 saturated heterocycles. The van der Waals surface area contributed by atoms with Gasteiger partial charge in [0.2, 0.25) is 0 Å². The third kappa shape index (κ3) is 2.20. The van der Waals surface area contributed by atoms with Gasteiger partial charge in [0.1, 0.15) is 11.2 Å². The van der Waals surface area contributed by atoms with Crippen LogP contribution in [-0.2, 0) is 19.4 Å². The molecule has 1 aliphatic rings. The summed E-state index contributed by atoms with van der Waals surface area (Å²) in [4.78, 5) is 11.6. The lowest BCUT2D eigenvalue weighted by atomic mass is 10.00. The van der Waals surface area contributed by atoms with Gasteiger partial charge in [-0.05, 0) is 17.7 Å². The van der Waals surface area contributed by atoms with Crippen molar-refractivity contribution < 1.29 is 27.4 Å². The molecule has 0 amide bonds. The van der Waals surface area contributed by atoms with Crippen molar-refractivity contribution in [1.82, 2.24) is 0 Å². The minimum atomic E-state index is -3.57. The molecule has 3 atom stereocenters. The number of hydrogen-bond donors (Lipinski definition) is 1. The van der Waals surface area contributed by atoms with Crippen molar-refractivity contribution in [2.45, 2.75) is 11.2 Å². The number of rotatable bonds is 5. The Hall–Kier alpha value is -1.47. The first-order chi connectivity index (χ1) is 9.25. The summed E-state index contributed by atoms with van der Waals surface area (Å²) in [5, 5.41) is 8.38. The van der Waals surface area contributed by atoms with Gasteiger partial charge in [0.05, 0.1) is 11.9 Å². The highest BCUT2D eigenvalue weighted by atomic mass is 32.2. The number of sulfone groups is 1. The molecule has 2 rings (SSSR count). The highest BCUT2D eigenvalue weighted by molar-refractivity contribution is 7.91. The predicted octanol–water partition coefficient (Wildman–Crippen LogP) is 1.05. The lowest BCUT2D eigenvalue weighted by molar-refractivity contribution is -0.145. The van der Waals surface area contributed by atoms with Gasteiger partial charge in [0, 0.05) is 19.3 Å². The molecule has 0 unspecified atom stereocenters. The Kier molecular flexibility index (Phi) is 3.60. The fraction of sp³-hybridized carbons (Fsp3) is 0.462. The number of halogens is 1. The van der Waals surface area contributed by atoms with Crippen LogP contribution in [0.15, 0.2) is 24.3 Å². The Bertz CT molecular complexity index is 625. The molecule has 1 fully saturated rings. The Labute approximate surface area is 116 Å². The predicted molar refractivity (Wildman–Crippen MR) is 69.7 cm³/mol. The molecular weight excluding hydrogens is 287 g/mol. The van der Waals surface area contributed by atoms with Crippen LogP contribution >= 0.6 is 0 Å². The van der Waals surface area contributed by atoms with Gasteiger partial charge < -0.3 is 9.84 Å². The number of carboxylic acids is 1. The summed E-state index contributed by atoms with van der Waals surface area (Å²) >= 11 is 0. The van der Waals surface area contributed by atoms with Crippen molar-refractivity contribution >= 4 is 15.8 Å². The minimum Gasteiger partial charge on any atom is -0.481 e. The van der Waals surface area contributed by atoms with E-state index in [0.717, 1.165) is 6.26 Å². The smallest absolute Gasteiger partial charge is 0.314 e. The van der Waals surface area contributed by atoms with E-state index in [1.165, 1.54) is 31.4 Å². The average molecular weight is 302 g/mol. The summed E-state index contributed by atoms with van der Waals surface area (Å²) < 4.78 is 41.5. The normalized spacial score (nSPS) is 29.1. The van der Waals surface area contributed by atoms with E-state index in [0.29, 0.717) is 5.56 Å². The van der Waals surface area contributed by atoms with E-state index in [4.69, 9.17) is 4.74 Å². The SMILES string of the molecule is COC[C@]1(C(=O)O)[C@H](c2ccc(F)cc2)[C@H]1S(C)(=O)=O. The molecule has 7 heteroatoms.